The summed E-state index contributed by atoms with van der Waals surface area (Å²) in [6, 6.07) is 8.97. The fourth-order valence-electron chi connectivity index (χ4n) is 1.85. The molecule has 6 nitrogen and oxygen atoms in total. The molecule has 1 N–H and O–H groups in total. The summed E-state index contributed by atoms with van der Waals surface area (Å²) in [6.45, 7) is 1.83. The SMILES string of the molecule is CCOC(=O)/C=C1/SCC(=O)N1CC(=O)Nc1ccccc1. The number of carbonyl (C=O) groups is 3. The third kappa shape index (κ3) is 4.36. The summed E-state index contributed by atoms with van der Waals surface area (Å²) >= 11 is 1.22. The van der Waals surface area contributed by atoms with E-state index in [1.807, 2.05) is 6.07 Å². The van der Waals surface area contributed by atoms with E-state index in [2.05, 4.69) is 5.32 Å². The monoisotopic (exact) mass is 320 g/mol. The molecule has 7 heteroatoms. The number of benzene rings is 1. The number of hydrogen-bond donors (Lipinski definition) is 1. The predicted octanol–water partition coefficient (Wildman–Crippen LogP) is 1.60. The van der Waals surface area contributed by atoms with Crippen LogP contribution in [0.25, 0.3) is 0 Å². The smallest absolute Gasteiger partial charge is 0.333 e. The Kier molecular flexibility index (Phi) is 5.60. The minimum Gasteiger partial charge on any atom is -0.463 e. The number of para-hydroxylation sites is 1. The second-order valence-corrected chi connectivity index (χ2v) is 5.41. The Balaban J connectivity index is 2.01. The van der Waals surface area contributed by atoms with Crippen molar-refractivity contribution in [2.75, 3.05) is 24.2 Å². The van der Waals surface area contributed by atoms with Gasteiger partial charge < -0.3 is 10.1 Å². The van der Waals surface area contributed by atoms with E-state index in [1.165, 1.54) is 22.7 Å². The summed E-state index contributed by atoms with van der Waals surface area (Å²) in [5.74, 6) is -0.835. The molecule has 0 saturated carbocycles. The molecule has 1 aromatic rings. The van der Waals surface area contributed by atoms with Crippen LogP contribution in [0.1, 0.15) is 6.92 Å². The van der Waals surface area contributed by atoms with Gasteiger partial charge in [-0.25, -0.2) is 4.79 Å². The number of esters is 1. The lowest BCUT2D eigenvalue weighted by atomic mass is 10.3. The molecule has 2 amide bonds. The molecule has 0 atom stereocenters. The standard InChI is InChI=1S/C15H16N2O4S/c1-2-21-15(20)8-14-17(13(19)10-22-14)9-12(18)16-11-6-4-3-5-7-11/h3-8H,2,9-10H2,1H3,(H,16,18)/b14-8+. The molecule has 1 aliphatic heterocycles. The number of thioether (sulfide) groups is 1. The third-order valence-corrected chi connectivity index (χ3v) is 3.82. The summed E-state index contributed by atoms with van der Waals surface area (Å²) in [5, 5.41) is 3.14. The van der Waals surface area contributed by atoms with Crippen molar-refractivity contribution in [3.8, 4) is 0 Å². The fourth-order valence-corrected chi connectivity index (χ4v) is 2.78. The summed E-state index contributed by atoms with van der Waals surface area (Å²) in [6.07, 6.45) is 1.24. The molecular formula is C15H16N2O4S. The van der Waals surface area contributed by atoms with Crippen LogP contribution in [0.5, 0.6) is 0 Å². The number of ether oxygens (including phenoxy) is 1. The molecular weight excluding hydrogens is 304 g/mol. The second-order valence-electron chi connectivity index (χ2n) is 4.42. The average molecular weight is 320 g/mol. The van der Waals surface area contributed by atoms with E-state index in [4.69, 9.17) is 4.74 Å². The van der Waals surface area contributed by atoms with E-state index in [0.717, 1.165) is 0 Å². The second kappa shape index (κ2) is 7.65. The van der Waals surface area contributed by atoms with Crippen molar-refractivity contribution in [2.24, 2.45) is 0 Å². The molecule has 1 saturated heterocycles. The maximum atomic E-state index is 12.0. The van der Waals surface area contributed by atoms with Gasteiger partial charge in [0.15, 0.2) is 0 Å². The summed E-state index contributed by atoms with van der Waals surface area (Å²) < 4.78 is 4.82. The summed E-state index contributed by atoms with van der Waals surface area (Å²) in [4.78, 5) is 36.6. The minimum atomic E-state index is -0.520. The van der Waals surface area contributed by atoms with E-state index in [1.54, 1.807) is 31.2 Å². The topological polar surface area (TPSA) is 75.7 Å². The Morgan fingerprint density at radius 2 is 2.09 bits per heavy atom. The normalized spacial score (nSPS) is 16.0. The van der Waals surface area contributed by atoms with Crippen molar-refractivity contribution >= 4 is 35.2 Å². The maximum Gasteiger partial charge on any atom is 0.333 e. The Morgan fingerprint density at radius 3 is 2.77 bits per heavy atom. The van der Waals surface area contributed by atoms with Gasteiger partial charge in [-0.3, -0.25) is 14.5 Å². The molecule has 1 heterocycles. The van der Waals surface area contributed by atoms with Crippen LogP contribution in [-0.4, -0.2) is 41.6 Å². The Hall–Kier alpha value is -2.28. The zero-order valence-corrected chi connectivity index (χ0v) is 12.9. The molecule has 116 valence electrons. The molecule has 0 aromatic heterocycles. The lowest BCUT2D eigenvalue weighted by Crippen LogP contribution is -2.34. The van der Waals surface area contributed by atoms with Crippen molar-refractivity contribution in [1.29, 1.82) is 0 Å². The van der Waals surface area contributed by atoms with E-state index in [9.17, 15) is 14.4 Å². The zero-order valence-electron chi connectivity index (χ0n) is 12.1. The molecule has 0 radical (unpaired) electrons. The van der Waals surface area contributed by atoms with Gasteiger partial charge in [0, 0.05) is 5.69 Å². The first kappa shape index (κ1) is 16.1. The van der Waals surface area contributed by atoms with Crippen LogP contribution >= 0.6 is 11.8 Å². The first-order valence-electron chi connectivity index (χ1n) is 6.76. The number of hydrogen-bond acceptors (Lipinski definition) is 5. The van der Waals surface area contributed by atoms with Crippen molar-refractivity contribution in [3.63, 3.8) is 0 Å². The summed E-state index contributed by atoms with van der Waals surface area (Å²) in [5.41, 5.74) is 0.655. The highest BCUT2D eigenvalue weighted by atomic mass is 32.2. The van der Waals surface area contributed by atoms with E-state index < -0.39 is 5.97 Å². The third-order valence-electron chi connectivity index (χ3n) is 2.80. The lowest BCUT2D eigenvalue weighted by Gasteiger charge is -2.16. The number of nitrogens with zero attached hydrogens (tertiary/aromatic N) is 1. The van der Waals surface area contributed by atoms with Gasteiger partial charge in [-0.2, -0.15) is 0 Å². The highest BCUT2D eigenvalue weighted by molar-refractivity contribution is 8.04. The van der Waals surface area contributed by atoms with Crippen LogP contribution < -0.4 is 5.32 Å². The van der Waals surface area contributed by atoms with Crippen LogP contribution in [-0.2, 0) is 19.1 Å². The van der Waals surface area contributed by atoms with Crippen LogP contribution in [0.15, 0.2) is 41.4 Å². The highest BCUT2D eigenvalue weighted by Gasteiger charge is 2.29. The van der Waals surface area contributed by atoms with Crippen molar-refractivity contribution in [2.45, 2.75) is 6.92 Å². The minimum absolute atomic E-state index is 0.133. The fraction of sp³-hybridized carbons (Fsp3) is 0.267. The van der Waals surface area contributed by atoms with Gasteiger partial charge in [0.25, 0.3) is 0 Å². The highest BCUT2D eigenvalue weighted by Crippen LogP contribution is 2.28. The zero-order chi connectivity index (χ0) is 15.9. The molecule has 22 heavy (non-hydrogen) atoms. The number of nitrogens with one attached hydrogen (secondary N) is 1. The molecule has 2 rings (SSSR count). The molecule has 1 aliphatic rings. The molecule has 1 aromatic carbocycles. The lowest BCUT2D eigenvalue weighted by molar-refractivity contribution is -0.137. The Bertz CT molecular complexity index is 601. The Morgan fingerprint density at radius 1 is 1.36 bits per heavy atom. The number of amides is 2. The van der Waals surface area contributed by atoms with Crippen molar-refractivity contribution in [1.82, 2.24) is 4.90 Å². The van der Waals surface area contributed by atoms with Crippen LogP contribution in [0, 0.1) is 0 Å². The molecule has 0 bridgehead atoms. The number of anilines is 1. The molecule has 0 spiro atoms. The van der Waals surface area contributed by atoms with Crippen molar-refractivity contribution < 1.29 is 19.1 Å². The van der Waals surface area contributed by atoms with Gasteiger partial charge in [0.2, 0.25) is 11.8 Å². The number of rotatable bonds is 5. The summed E-state index contributed by atoms with van der Waals surface area (Å²) in [7, 11) is 0. The van der Waals surface area contributed by atoms with E-state index in [0.29, 0.717) is 10.7 Å². The molecule has 0 unspecified atom stereocenters. The molecule has 1 fully saturated rings. The van der Waals surface area contributed by atoms with Gasteiger partial charge in [-0.05, 0) is 19.1 Å². The van der Waals surface area contributed by atoms with Gasteiger partial charge in [-0.1, -0.05) is 30.0 Å². The van der Waals surface area contributed by atoms with Gasteiger partial charge in [0.1, 0.15) is 6.54 Å². The van der Waals surface area contributed by atoms with Crippen LogP contribution in [0.3, 0.4) is 0 Å². The van der Waals surface area contributed by atoms with Gasteiger partial charge >= 0.3 is 5.97 Å². The van der Waals surface area contributed by atoms with Crippen LogP contribution in [0.2, 0.25) is 0 Å². The first-order chi connectivity index (χ1) is 10.6. The predicted molar refractivity (Wildman–Crippen MR) is 84.0 cm³/mol. The quantitative estimate of drug-likeness (QED) is 0.659. The van der Waals surface area contributed by atoms with Gasteiger partial charge in [0.05, 0.1) is 23.5 Å². The average Bonchev–Trinajstić information content (AvgIpc) is 2.81. The van der Waals surface area contributed by atoms with Crippen molar-refractivity contribution in [3.05, 3.63) is 41.4 Å². The van der Waals surface area contributed by atoms with Crippen LogP contribution in [0.4, 0.5) is 5.69 Å². The largest absolute Gasteiger partial charge is 0.463 e. The maximum absolute atomic E-state index is 12.0. The van der Waals surface area contributed by atoms with E-state index >= 15 is 0 Å². The number of carbonyl (C=O) groups excluding carboxylic acids is 3. The Labute approximate surface area is 132 Å². The van der Waals surface area contributed by atoms with E-state index in [-0.39, 0.29) is 30.7 Å². The molecule has 0 aliphatic carbocycles. The first-order valence-corrected chi connectivity index (χ1v) is 7.75. The van der Waals surface area contributed by atoms with Gasteiger partial charge in [-0.15, -0.1) is 0 Å².